The number of nitrogens with one attached hydrogen (secondary N) is 1. The minimum atomic E-state index is -1.90. The SMILES string of the molecule is O=C(O)C(=CC[P+](=O)CO)NC(=O)c1ccccc1. The second-order valence-corrected chi connectivity index (χ2v) is 5.16. The Bertz CT molecular complexity index is 512. The van der Waals surface area contributed by atoms with E-state index in [-0.39, 0.29) is 11.9 Å². The van der Waals surface area contributed by atoms with Crippen molar-refractivity contribution >= 4 is 19.7 Å². The molecule has 0 saturated carbocycles. The van der Waals surface area contributed by atoms with Crippen LogP contribution in [0.15, 0.2) is 42.1 Å². The van der Waals surface area contributed by atoms with Crippen molar-refractivity contribution in [1.82, 2.24) is 5.32 Å². The summed E-state index contributed by atoms with van der Waals surface area (Å²) in [6.45, 7) is 0. The number of hydrogen-bond acceptors (Lipinski definition) is 4. The molecule has 0 aliphatic heterocycles. The number of carbonyl (C=O) groups excluding carboxylic acids is 1. The summed E-state index contributed by atoms with van der Waals surface area (Å²) in [5, 5.41) is 19.7. The first kappa shape index (κ1) is 15.0. The molecule has 0 aliphatic rings. The average molecular weight is 282 g/mol. The van der Waals surface area contributed by atoms with E-state index in [0.717, 1.165) is 6.08 Å². The molecule has 0 bridgehead atoms. The van der Waals surface area contributed by atoms with Crippen LogP contribution in [-0.2, 0) is 9.36 Å². The van der Waals surface area contributed by atoms with Crippen LogP contribution >= 0.6 is 7.80 Å². The fraction of sp³-hybridized carbons (Fsp3) is 0.167. The highest BCUT2D eigenvalue weighted by Gasteiger charge is 2.16. The van der Waals surface area contributed by atoms with Crippen LogP contribution in [0, 0.1) is 0 Å². The number of benzene rings is 1. The Labute approximate surface area is 110 Å². The van der Waals surface area contributed by atoms with Crippen LogP contribution in [0.3, 0.4) is 0 Å². The highest BCUT2D eigenvalue weighted by molar-refractivity contribution is 7.44. The van der Waals surface area contributed by atoms with Crippen LogP contribution in [0.4, 0.5) is 0 Å². The first-order valence-corrected chi connectivity index (χ1v) is 7.00. The summed E-state index contributed by atoms with van der Waals surface area (Å²) in [6, 6.07) is 8.13. The van der Waals surface area contributed by atoms with Crippen LogP contribution in [-0.4, -0.2) is 34.6 Å². The molecule has 0 aromatic heterocycles. The van der Waals surface area contributed by atoms with Gasteiger partial charge in [0, 0.05) is 5.56 Å². The lowest BCUT2D eigenvalue weighted by Gasteiger charge is -2.04. The number of rotatable bonds is 6. The van der Waals surface area contributed by atoms with Crippen molar-refractivity contribution in [2.45, 2.75) is 0 Å². The van der Waals surface area contributed by atoms with E-state index in [9.17, 15) is 14.2 Å². The van der Waals surface area contributed by atoms with Gasteiger partial charge in [0.25, 0.3) is 5.91 Å². The maximum atomic E-state index is 11.7. The van der Waals surface area contributed by atoms with E-state index in [1.54, 1.807) is 30.3 Å². The van der Waals surface area contributed by atoms with Crippen molar-refractivity contribution in [3.8, 4) is 0 Å². The summed E-state index contributed by atoms with van der Waals surface area (Å²) in [5.74, 6) is -1.89. The van der Waals surface area contributed by atoms with Gasteiger partial charge in [0.05, 0.1) is 0 Å². The van der Waals surface area contributed by atoms with E-state index in [4.69, 9.17) is 10.2 Å². The molecule has 3 N–H and O–H groups in total. The van der Waals surface area contributed by atoms with Crippen LogP contribution < -0.4 is 5.32 Å². The van der Waals surface area contributed by atoms with Gasteiger partial charge < -0.3 is 15.5 Å². The van der Waals surface area contributed by atoms with E-state index in [1.165, 1.54) is 0 Å². The first-order chi connectivity index (χ1) is 9.04. The number of hydrogen-bond donors (Lipinski definition) is 3. The van der Waals surface area contributed by atoms with Gasteiger partial charge in [0.1, 0.15) is 5.70 Å². The van der Waals surface area contributed by atoms with Crippen molar-refractivity contribution in [3.63, 3.8) is 0 Å². The molecular weight excluding hydrogens is 269 g/mol. The number of carboxylic acid groups (broad SMARTS) is 1. The summed E-state index contributed by atoms with van der Waals surface area (Å²) in [6.07, 6.45) is 0.492. The molecule has 1 aromatic rings. The molecule has 100 valence electrons. The van der Waals surface area contributed by atoms with Gasteiger partial charge in [0.2, 0.25) is 6.35 Å². The van der Waals surface area contributed by atoms with E-state index >= 15 is 0 Å². The van der Waals surface area contributed by atoms with E-state index < -0.39 is 26.0 Å². The lowest BCUT2D eigenvalue weighted by Crippen LogP contribution is -2.27. The molecule has 1 rings (SSSR count). The number of allylic oxidation sites excluding steroid dienone is 1. The Balaban J connectivity index is 2.77. The summed E-state index contributed by atoms with van der Waals surface area (Å²) in [5.41, 5.74) is -0.0353. The van der Waals surface area contributed by atoms with Crippen LogP contribution in [0.1, 0.15) is 10.4 Å². The third-order valence-corrected chi connectivity index (χ3v) is 3.08. The molecule has 0 radical (unpaired) electrons. The fourth-order valence-corrected chi connectivity index (χ4v) is 1.73. The topological polar surface area (TPSA) is 104 Å². The summed E-state index contributed by atoms with van der Waals surface area (Å²) < 4.78 is 11.0. The molecule has 0 saturated heterocycles. The zero-order valence-corrected chi connectivity index (χ0v) is 10.8. The van der Waals surface area contributed by atoms with Gasteiger partial charge in [-0.2, -0.15) is 0 Å². The monoisotopic (exact) mass is 282 g/mol. The normalized spacial score (nSPS) is 11.8. The molecule has 0 heterocycles. The van der Waals surface area contributed by atoms with E-state index in [0.29, 0.717) is 5.56 Å². The average Bonchev–Trinajstić information content (AvgIpc) is 2.43. The Morgan fingerprint density at radius 3 is 2.42 bits per heavy atom. The lowest BCUT2D eigenvalue weighted by atomic mass is 10.2. The highest BCUT2D eigenvalue weighted by atomic mass is 31.1. The Hall–Kier alpha value is -2.04. The zero-order valence-electron chi connectivity index (χ0n) is 9.94. The number of aliphatic hydroxyl groups excluding tert-OH is 1. The quantitative estimate of drug-likeness (QED) is 0.536. The van der Waals surface area contributed by atoms with Crippen molar-refractivity contribution in [2.24, 2.45) is 0 Å². The molecule has 6 nitrogen and oxygen atoms in total. The maximum Gasteiger partial charge on any atom is 0.370 e. The minimum absolute atomic E-state index is 0.109. The zero-order chi connectivity index (χ0) is 14.3. The molecule has 0 aliphatic carbocycles. The fourth-order valence-electron chi connectivity index (χ4n) is 1.23. The predicted octanol–water partition coefficient (Wildman–Crippen LogP) is 1.16. The number of amides is 1. The van der Waals surface area contributed by atoms with Crippen LogP contribution in [0.2, 0.25) is 0 Å². The molecule has 1 aromatic carbocycles. The van der Waals surface area contributed by atoms with E-state index in [2.05, 4.69) is 5.32 Å². The largest absolute Gasteiger partial charge is 0.477 e. The van der Waals surface area contributed by atoms with Gasteiger partial charge in [-0.3, -0.25) is 4.79 Å². The number of aliphatic hydroxyl groups is 1. The molecule has 1 amide bonds. The van der Waals surface area contributed by atoms with Crippen LogP contribution in [0.5, 0.6) is 0 Å². The van der Waals surface area contributed by atoms with Gasteiger partial charge in [-0.15, -0.1) is 0 Å². The highest BCUT2D eigenvalue weighted by Crippen LogP contribution is 2.18. The lowest BCUT2D eigenvalue weighted by molar-refractivity contribution is -0.133. The Kier molecular flexibility index (Phi) is 5.85. The van der Waals surface area contributed by atoms with Gasteiger partial charge in [-0.05, 0) is 18.2 Å². The smallest absolute Gasteiger partial charge is 0.370 e. The van der Waals surface area contributed by atoms with Crippen molar-refractivity contribution in [2.75, 3.05) is 12.5 Å². The molecule has 0 fully saturated rings. The number of aliphatic carboxylic acids is 1. The molecule has 1 unspecified atom stereocenters. The Morgan fingerprint density at radius 1 is 1.26 bits per heavy atom. The van der Waals surface area contributed by atoms with E-state index in [1.807, 2.05) is 0 Å². The predicted molar refractivity (Wildman–Crippen MR) is 69.2 cm³/mol. The number of carbonyl (C=O) groups is 2. The summed E-state index contributed by atoms with van der Waals surface area (Å²) in [7, 11) is -1.90. The second kappa shape index (κ2) is 7.41. The maximum absolute atomic E-state index is 11.7. The van der Waals surface area contributed by atoms with Gasteiger partial charge in [0.15, 0.2) is 6.16 Å². The first-order valence-electron chi connectivity index (χ1n) is 5.37. The minimum Gasteiger partial charge on any atom is -0.477 e. The van der Waals surface area contributed by atoms with Crippen molar-refractivity contribution < 1.29 is 24.4 Å². The second-order valence-electron chi connectivity index (χ2n) is 3.55. The summed E-state index contributed by atoms with van der Waals surface area (Å²) >= 11 is 0. The summed E-state index contributed by atoms with van der Waals surface area (Å²) in [4.78, 5) is 22.7. The van der Waals surface area contributed by atoms with Crippen LogP contribution in [0.25, 0.3) is 0 Å². The third-order valence-electron chi connectivity index (χ3n) is 2.17. The van der Waals surface area contributed by atoms with Gasteiger partial charge in [-0.1, -0.05) is 22.8 Å². The van der Waals surface area contributed by atoms with Crippen molar-refractivity contribution in [1.29, 1.82) is 0 Å². The molecule has 7 heteroatoms. The molecule has 19 heavy (non-hydrogen) atoms. The standard InChI is InChI=1S/C12H12NO5P/c14-8-19(18)7-6-10(12(16)17)13-11(15)9-4-2-1-3-5-9/h1-6,14H,7-8H2,(H-,13,15,16,17)/p+1. The molecule has 1 atom stereocenters. The Morgan fingerprint density at radius 2 is 1.89 bits per heavy atom. The molecular formula is C12H13NO5P+. The third kappa shape index (κ3) is 4.99. The van der Waals surface area contributed by atoms with Gasteiger partial charge in [-0.25, -0.2) is 4.79 Å². The van der Waals surface area contributed by atoms with Gasteiger partial charge >= 0.3 is 13.8 Å². The van der Waals surface area contributed by atoms with Crippen molar-refractivity contribution in [3.05, 3.63) is 47.7 Å². The number of carboxylic acids is 1. The molecule has 0 spiro atoms.